The summed E-state index contributed by atoms with van der Waals surface area (Å²) >= 11 is 0. The molecule has 104 valence electrons. The number of piperidine rings is 1. The molecule has 7 heteroatoms. The Morgan fingerprint density at radius 2 is 1.79 bits per heavy atom. The van der Waals surface area contributed by atoms with Crippen molar-refractivity contribution >= 4 is 28.3 Å². The minimum Gasteiger partial charge on any atom is -0.317 e. The smallest absolute Gasteiger partial charge is 0.269 e. The third kappa shape index (κ3) is 2.13. The van der Waals surface area contributed by atoms with E-state index in [9.17, 15) is 13.2 Å². The van der Waals surface area contributed by atoms with Crippen LogP contribution in [0, 0.1) is 0 Å². The van der Waals surface area contributed by atoms with Crippen LogP contribution >= 0.6 is 12.4 Å². The van der Waals surface area contributed by atoms with E-state index in [2.05, 4.69) is 5.32 Å². The van der Waals surface area contributed by atoms with Gasteiger partial charge in [0.25, 0.3) is 15.9 Å². The van der Waals surface area contributed by atoms with Crippen LogP contribution in [-0.2, 0) is 10.0 Å². The number of sulfonamides is 1. The number of nitrogens with one attached hydrogen (secondary N) is 1. The van der Waals surface area contributed by atoms with Crippen molar-refractivity contribution in [2.75, 3.05) is 13.1 Å². The van der Waals surface area contributed by atoms with E-state index in [-0.39, 0.29) is 29.3 Å². The maximum absolute atomic E-state index is 12.4. The van der Waals surface area contributed by atoms with Crippen molar-refractivity contribution in [1.82, 2.24) is 9.62 Å². The topological polar surface area (TPSA) is 66.5 Å². The zero-order chi connectivity index (χ0) is 12.8. The maximum atomic E-state index is 12.4. The molecular formula is C12H15ClN2O3S. The average Bonchev–Trinajstić information content (AvgIpc) is 2.59. The average molecular weight is 303 g/mol. The predicted octanol–water partition coefficient (Wildman–Crippen LogP) is 1.00. The fraction of sp³-hybridized carbons (Fsp3) is 0.417. The van der Waals surface area contributed by atoms with Gasteiger partial charge in [0.1, 0.15) is 4.90 Å². The first-order valence-corrected chi connectivity index (χ1v) is 7.45. The van der Waals surface area contributed by atoms with Gasteiger partial charge in [0.2, 0.25) is 0 Å². The van der Waals surface area contributed by atoms with Crippen LogP contribution in [0.25, 0.3) is 0 Å². The number of hydrogen-bond acceptors (Lipinski definition) is 4. The molecule has 19 heavy (non-hydrogen) atoms. The molecule has 1 N–H and O–H groups in total. The number of carbonyl (C=O) groups excluding carboxylic acids is 1. The second-order valence-corrected chi connectivity index (χ2v) is 6.37. The molecular weight excluding hydrogens is 288 g/mol. The van der Waals surface area contributed by atoms with Crippen LogP contribution in [0.5, 0.6) is 0 Å². The minimum atomic E-state index is -3.64. The van der Waals surface area contributed by atoms with Gasteiger partial charge < -0.3 is 5.32 Å². The summed E-state index contributed by atoms with van der Waals surface area (Å²) in [4.78, 5) is 12.4. The normalized spacial score (nSPS) is 21.9. The molecule has 0 aromatic heterocycles. The summed E-state index contributed by atoms with van der Waals surface area (Å²) in [7, 11) is -3.64. The molecule has 0 bridgehead atoms. The molecule has 0 radical (unpaired) electrons. The second-order valence-electron chi connectivity index (χ2n) is 4.58. The number of fused-ring (bicyclic) bond motifs is 1. The Hall–Kier alpha value is -1.11. The third-order valence-corrected chi connectivity index (χ3v) is 5.39. The quantitative estimate of drug-likeness (QED) is 0.840. The Morgan fingerprint density at radius 1 is 1.16 bits per heavy atom. The molecule has 1 fully saturated rings. The minimum absolute atomic E-state index is 0. The van der Waals surface area contributed by atoms with Crippen molar-refractivity contribution in [2.45, 2.75) is 23.8 Å². The number of benzene rings is 1. The number of amides is 1. The maximum Gasteiger partial charge on any atom is 0.269 e. The van der Waals surface area contributed by atoms with Gasteiger partial charge in [-0.1, -0.05) is 12.1 Å². The van der Waals surface area contributed by atoms with Crippen molar-refractivity contribution in [2.24, 2.45) is 0 Å². The fourth-order valence-corrected chi connectivity index (χ4v) is 4.42. The zero-order valence-electron chi connectivity index (χ0n) is 10.2. The monoisotopic (exact) mass is 302 g/mol. The van der Waals surface area contributed by atoms with Crippen LogP contribution in [0.3, 0.4) is 0 Å². The second kappa shape index (κ2) is 5.11. The number of rotatable bonds is 1. The first-order chi connectivity index (χ1) is 8.62. The Labute approximate surface area is 118 Å². The highest BCUT2D eigenvalue weighted by atomic mass is 35.5. The summed E-state index contributed by atoms with van der Waals surface area (Å²) in [5, 5.41) is 3.17. The van der Waals surface area contributed by atoms with Gasteiger partial charge in [0, 0.05) is 0 Å². The summed E-state index contributed by atoms with van der Waals surface area (Å²) < 4.78 is 25.8. The fourth-order valence-electron chi connectivity index (χ4n) is 2.61. The summed E-state index contributed by atoms with van der Waals surface area (Å²) in [6.45, 7) is 1.50. The standard InChI is InChI=1S/C12H14N2O3S.ClH/c15-12-10-3-1-2-4-11(10)18(16,17)14(12)9-5-7-13-8-6-9;/h1-4,9,13H,5-8H2;1H. The highest BCUT2D eigenvalue weighted by Crippen LogP contribution is 2.33. The van der Waals surface area contributed by atoms with Gasteiger partial charge in [-0.2, -0.15) is 0 Å². The molecule has 0 saturated carbocycles. The lowest BCUT2D eigenvalue weighted by atomic mass is 10.1. The van der Waals surface area contributed by atoms with E-state index in [1.165, 1.54) is 6.07 Å². The van der Waals surface area contributed by atoms with Crippen molar-refractivity contribution < 1.29 is 13.2 Å². The van der Waals surface area contributed by atoms with E-state index in [0.717, 1.165) is 17.4 Å². The lowest BCUT2D eigenvalue weighted by Crippen LogP contribution is -2.45. The van der Waals surface area contributed by atoms with Crippen LogP contribution in [-0.4, -0.2) is 37.8 Å². The van der Waals surface area contributed by atoms with Crippen LogP contribution in [0.2, 0.25) is 0 Å². The lowest BCUT2D eigenvalue weighted by molar-refractivity contribution is 0.0814. The molecule has 3 rings (SSSR count). The summed E-state index contributed by atoms with van der Waals surface area (Å²) in [5.74, 6) is -0.377. The molecule has 1 aromatic rings. The molecule has 1 aromatic carbocycles. The van der Waals surface area contributed by atoms with E-state index < -0.39 is 10.0 Å². The Balaban J connectivity index is 0.00000133. The van der Waals surface area contributed by atoms with Crippen LogP contribution < -0.4 is 5.32 Å². The lowest BCUT2D eigenvalue weighted by Gasteiger charge is -2.30. The van der Waals surface area contributed by atoms with Crippen molar-refractivity contribution in [3.63, 3.8) is 0 Å². The highest BCUT2D eigenvalue weighted by molar-refractivity contribution is 7.90. The first kappa shape index (κ1) is 14.3. The molecule has 2 heterocycles. The number of hydrogen-bond donors (Lipinski definition) is 1. The number of nitrogens with zero attached hydrogens (tertiary/aromatic N) is 1. The molecule has 2 aliphatic heterocycles. The van der Waals surface area contributed by atoms with Crippen LogP contribution in [0.1, 0.15) is 23.2 Å². The summed E-state index contributed by atoms with van der Waals surface area (Å²) in [6, 6.07) is 6.21. The van der Waals surface area contributed by atoms with E-state index in [4.69, 9.17) is 0 Å². The van der Waals surface area contributed by atoms with Crippen molar-refractivity contribution in [3.8, 4) is 0 Å². The number of halogens is 1. The predicted molar refractivity (Wildman–Crippen MR) is 72.9 cm³/mol. The van der Waals surface area contributed by atoms with Gasteiger partial charge in [0.15, 0.2) is 0 Å². The molecule has 1 amide bonds. The van der Waals surface area contributed by atoms with Crippen LogP contribution in [0.4, 0.5) is 0 Å². The Morgan fingerprint density at radius 3 is 2.42 bits per heavy atom. The van der Waals surface area contributed by atoms with Gasteiger partial charge in [-0.05, 0) is 38.1 Å². The molecule has 0 aliphatic carbocycles. The van der Waals surface area contributed by atoms with E-state index >= 15 is 0 Å². The van der Waals surface area contributed by atoms with Gasteiger partial charge in [-0.25, -0.2) is 12.7 Å². The van der Waals surface area contributed by atoms with Gasteiger partial charge in [-0.15, -0.1) is 12.4 Å². The highest BCUT2D eigenvalue weighted by Gasteiger charge is 2.44. The van der Waals surface area contributed by atoms with Gasteiger partial charge in [0.05, 0.1) is 11.6 Å². The molecule has 2 aliphatic rings. The van der Waals surface area contributed by atoms with E-state index in [1.54, 1.807) is 18.2 Å². The molecule has 0 unspecified atom stereocenters. The molecule has 1 saturated heterocycles. The van der Waals surface area contributed by atoms with Crippen molar-refractivity contribution in [3.05, 3.63) is 29.8 Å². The largest absolute Gasteiger partial charge is 0.317 e. The van der Waals surface area contributed by atoms with Crippen molar-refractivity contribution in [1.29, 1.82) is 0 Å². The molecule has 5 nitrogen and oxygen atoms in total. The Bertz CT molecular complexity index is 597. The van der Waals surface area contributed by atoms with Crippen LogP contribution in [0.15, 0.2) is 29.2 Å². The zero-order valence-corrected chi connectivity index (χ0v) is 11.8. The summed E-state index contributed by atoms with van der Waals surface area (Å²) in [5.41, 5.74) is 0.302. The number of carbonyl (C=O) groups is 1. The SMILES string of the molecule is Cl.O=C1c2ccccc2S(=O)(=O)N1C1CCNCC1. The van der Waals surface area contributed by atoms with E-state index in [0.29, 0.717) is 18.4 Å². The van der Waals surface area contributed by atoms with E-state index in [1.807, 2.05) is 0 Å². The summed E-state index contributed by atoms with van der Waals surface area (Å²) in [6.07, 6.45) is 1.36. The van der Waals surface area contributed by atoms with Gasteiger partial charge in [-0.3, -0.25) is 4.79 Å². The Kier molecular flexibility index (Phi) is 3.85. The third-order valence-electron chi connectivity index (χ3n) is 3.49. The molecule has 0 atom stereocenters. The molecule has 0 spiro atoms. The van der Waals surface area contributed by atoms with Gasteiger partial charge >= 0.3 is 0 Å². The first-order valence-electron chi connectivity index (χ1n) is 6.01.